The Labute approximate surface area is 188 Å². The van der Waals surface area contributed by atoms with Crippen molar-refractivity contribution in [1.82, 2.24) is 14.7 Å². The number of amides is 1. The molecule has 0 aliphatic heterocycles. The molecule has 0 aliphatic rings. The second kappa shape index (κ2) is 10.9. The lowest BCUT2D eigenvalue weighted by molar-refractivity contribution is -0.135. The van der Waals surface area contributed by atoms with Gasteiger partial charge in [0.25, 0.3) is 0 Å². The Morgan fingerprint density at radius 3 is 2.41 bits per heavy atom. The number of benzene rings is 2. The van der Waals surface area contributed by atoms with Crippen LogP contribution in [0.2, 0.25) is 0 Å². The Morgan fingerprint density at radius 2 is 1.81 bits per heavy atom. The van der Waals surface area contributed by atoms with Gasteiger partial charge < -0.3 is 14.4 Å². The predicted octanol–water partition coefficient (Wildman–Crippen LogP) is 5.00. The van der Waals surface area contributed by atoms with Crippen LogP contribution in [0.3, 0.4) is 0 Å². The standard InChI is InChI=1S/C25H30FN3O3/c1-5-23-22(17-28(15-16-31-4)24(30)18(2)3)25(32-21-13-11-19(26)12-14-21)29(27-23)20-9-7-6-8-10-20/h6-14,18H,5,15-17H2,1-4H3. The highest BCUT2D eigenvalue weighted by Crippen LogP contribution is 2.32. The van der Waals surface area contributed by atoms with Crippen LogP contribution in [0.1, 0.15) is 32.0 Å². The summed E-state index contributed by atoms with van der Waals surface area (Å²) in [7, 11) is 1.62. The third-order valence-electron chi connectivity index (χ3n) is 5.10. The quantitative estimate of drug-likeness (QED) is 0.446. The second-order valence-electron chi connectivity index (χ2n) is 7.79. The summed E-state index contributed by atoms with van der Waals surface area (Å²) in [6, 6.07) is 15.5. The lowest BCUT2D eigenvalue weighted by atomic mass is 10.1. The van der Waals surface area contributed by atoms with Gasteiger partial charge in [-0.05, 0) is 42.8 Å². The van der Waals surface area contributed by atoms with E-state index in [0.717, 1.165) is 16.9 Å². The summed E-state index contributed by atoms with van der Waals surface area (Å²) in [5.74, 6) is 0.549. The minimum Gasteiger partial charge on any atom is -0.439 e. The predicted molar refractivity (Wildman–Crippen MR) is 122 cm³/mol. The van der Waals surface area contributed by atoms with Crippen molar-refractivity contribution >= 4 is 5.91 Å². The Hall–Kier alpha value is -3.19. The molecule has 2 aromatic carbocycles. The average molecular weight is 440 g/mol. The van der Waals surface area contributed by atoms with Gasteiger partial charge in [0.1, 0.15) is 11.6 Å². The molecule has 1 amide bonds. The average Bonchev–Trinajstić information content (AvgIpc) is 3.15. The van der Waals surface area contributed by atoms with E-state index in [4.69, 9.17) is 14.6 Å². The summed E-state index contributed by atoms with van der Waals surface area (Å²) in [5.41, 5.74) is 2.50. The topological polar surface area (TPSA) is 56.6 Å². The number of aryl methyl sites for hydroxylation is 1. The zero-order valence-corrected chi connectivity index (χ0v) is 19.0. The third-order valence-corrected chi connectivity index (χ3v) is 5.10. The Bertz CT molecular complexity index is 1020. The highest BCUT2D eigenvalue weighted by atomic mass is 19.1. The van der Waals surface area contributed by atoms with Crippen LogP contribution in [0, 0.1) is 11.7 Å². The van der Waals surface area contributed by atoms with Crippen LogP contribution in [0.25, 0.3) is 5.69 Å². The van der Waals surface area contributed by atoms with Crippen LogP contribution >= 0.6 is 0 Å². The molecule has 6 nitrogen and oxygen atoms in total. The van der Waals surface area contributed by atoms with E-state index in [2.05, 4.69) is 0 Å². The summed E-state index contributed by atoms with van der Waals surface area (Å²) in [6.45, 7) is 7.02. The van der Waals surface area contributed by atoms with Crippen molar-refractivity contribution in [3.05, 3.63) is 71.7 Å². The molecule has 3 rings (SSSR count). The molecular formula is C25H30FN3O3. The van der Waals surface area contributed by atoms with Gasteiger partial charge in [-0.1, -0.05) is 39.0 Å². The van der Waals surface area contributed by atoms with Crippen molar-refractivity contribution in [3.8, 4) is 17.3 Å². The van der Waals surface area contributed by atoms with E-state index in [1.807, 2.05) is 51.1 Å². The first-order valence-corrected chi connectivity index (χ1v) is 10.8. The number of nitrogens with zero attached hydrogens (tertiary/aromatic N) is 3. The molecule has 0 N–H and O–H groups in total. The fourth-order valence-electron chi connectivity index (χ4n) is 3.41. The van der Waals surface area contributed by atoms with Crippen LogP contribution in [0.5, 0.6) is 11.6 Å². The lowest BCUT2D eigenvalue weighted by Crippen LogP contribution is -2.36. The zero-order valence-electron chi connectivity index (χ0n) is 19.0. The summed E-state index contributed by atoms with van der Waals surface area (Å²) < 4.78 is 26.6. The molecule has 0 atom stereocenters. The maximum Gasteiger partial charge on any atom is 0.227 e. The molecule has 0 unspecified atom stereocenters. The first-order chi connectivity index (χ1) is 15.4. The smallest absolute Gasteiger partial charge is 0.227 e. The Morgan fingerprint density at radius 1 is 1.12 bits per heavy atom. The highest BCUT2D eigenvalue weighted by Gasteiger charge is 2.25. The number of carbonyl (C=O) groups is 1. The summed E-state index contributed by atoms with van der Waals surface area (Å²) in [4.78, 5) is 14.7. The van der Waals surface area contributed by atoms with Crippen LogP contribution in [0.15, 0.2) is 54.6 Å². The first kappa shape index (κ1) is 23.5. The highest BCUT2D eigenvalue weighted by molar-refractivity contribution is 5.78. The molecule has 0 radical (unpaired) electrons. The number of halogens is 1. The van der Waals surface area contributed by atoms with Crippen LogP contribution in [0.4, 0.5) is 4.39 Å². The van der Waals surface area contributed by atoms with Gasteiger partial charge in [0.2, 0.25) is 11.8 Å². The normalized spacial score (nSPS) is 11.1. The van der Waals surface area contributed by atoms with Crippen molar-refractivity contribution < 1.29 is 18.7 Å². The van der Waals surface area contributed by atoms with Crippen molar-refractivity contribution in [2.45, 2.75) is 33.7 Å². The molecule has 1 heterocycles. The largest absolute Gasteiger partial charge is 0.439 e. The van der Waals surface area contributed by atoms with Crippen molar-refractivity contribution in [2.75, 3.05) is 20.3 Å². The summed E-state index contributed by atoms with van der Waals surface area (Å²) in [5, 5.41) is 4.80. The Balaban J connectivity index is 2.08. The fourth-order valence-corrected chi connectivity index (χ4v) is 3.41. The zero-order chi connectivity index (χ0) is 23.1. The van der Waals surface area contributed by atoms with Crippen molar-refractivity contribution in [3.63, 3.8) is 0 Å². The monoisotopic (exact) mass is 439 g/mol. The van der Waals surface area contributed by atoms with Crippen molar-refractivity contribution in [1.29, 1.82) is 0 Å². The lowest BCUT2D eigenvalue weighted by Gasteiger charge is -2.25. The van der Waals surface area contributed by atoms with Crippen molar-refractivity contribution in [2.24, 2.45) is 5.92 Å². The molecule has 170 valence electrons. The van der Waals surface area contributed by atoms with E-state index in [1.54, 1.807) is 28.8 Å². The van der Waals surface area contributed by atoms with E-state index >= 15 is 0 Å². The van der Waals surface area contributed by atoms with E-state index in [0.29, 0.717) is 37.7 Å². The molecular weight excluding hydrogens is 409 g/mol. The number of carbonyl (C=O) groups excluding carboxylic acids is 1. The Kier molecular flexibility index (Phi) is 8.00. The van der Waals surface area contributed by atoms with Gasteiger partial charge >= 0.3 is 0 Å². The minimum absolute atomic E-state index is 0.0318. The molecule has 0 saturated heterocycles. The van der Waals surface area contributed by atoms with Gasteiger partial charge in [0.05, 0.1) is 30.1 Å². The van der Waals surface area contributed by atoms with Gasteiger partial charge in [0.15, 0.2) is 0 Å². The van der Waals surface area contributed by atoms with Gasteiger partial charge in [-0.2, -0.15) is 5.10 Å². The second-order valence-corrected chi connectivity index (χ2v) is 7.79. The minimum atomic E-state index is -0.336. The molecule has 7 heteroatoms. The molecule has 0 saturated carbocycles. The molecule has 3 aromatic rings. The van der Waals surface area contributed by atoms with E-state index in [9.17, 15) is 9.18 Å². The number of hydrogen-bond acceptors (Lipinski definition) is 4. The van der Waals surface area contributed by atoms with Gasteiger partial charge in [-0.3, -0.25) is 4.79 Å². The molecule has 0 aliphatic carbocycles. The SMILES string of the molecule is CCc1nn(-c2ccccc2)c(Oc2ccc(F)cc2)c1CN(CCOC)C(=O)C(C)C. The van der Waals surface area contributed by atoms with E-state index < -0.39 is 0 Å². The number of methoxy groups -OCH3 is 1. The fraction of sp³-hybridized carbons (Fsp3) is 0.360. The number of rotatable bonds is 10. The van der Waals surface area contributed by atoms with Gasteiger partial charge in [-0.25, -0.2) is 9.07 Å². The summed E-state index contributed by atoms with van der Waals surface area (Å²) in [6.07, 6.45) is 0.670. The molecule has 32 heavy (non-hydrogen) atoms. The number of aromatic nitrogens is 2. The maximum absolute atomic E-state index is 13.4. The van der Waals surface area contributed by atoms with E-state index in [-0.39, 0.29) is 17.6 Å². The summed E-state index contributed by atoms with van der Waals surface area (Å²) >= 11 is 0. The van der Waals surface area contributed by atoms with E-state index in [1.165, 1.54) is 12.1 Å². The molecule has 0 bridgehead atoms. The third kappa shape index (κ3) is 5.53. The molecule has 0 fully saturated rings. The van der Waals surface area contributed by atoms with Crippen LogP contribution in [-0.2, 0) is 22.5 Å². The molecule has 1 aromatic heterocycles. The van der Waals surface area contributed by atoms with Crippen LogP contribution < -0.4 is 4.74 Å². The molecule has 0 spiro atoms. The first-order valence-electron chi connectivity index (χ1n) is 10.8. The van der Waals surface area contributed by atoms with Crippen LogP contribution in [-0.4, -0.2) is 40.8 Å². The number of ether oxygens (including phenoxy) is 2. The number of hydrogen-bond donors (Lipinski definition) is 0. The van der Waals surface area contributed by atoms with Gasteiger partial charge in [0, 0.05) is 19.6 Å². The number of para-hydroxylation sites is 1. The van der Waals surface area contributed by atoms with Gasteiger partial charge in [-0.15, -0.1) is 0 Å². The maximum atomic E-state index is 13.4.